The Morgan fingerprint density at radius 2 is 2.22 bits per heavy atom. The molecule has 0 aromatic heterocycles. The molecule has 23 heavy (non-hydrogen) atoms. The predicted molar refractivity (Wildman–Crippen MR) is 78.4 cm³/mol. The number of carbonyl (C=O) groups excluding carboxylic acids is 1. The fourth-order valence-electron chi connectivity index (χ4n) is 2.28. The fraction of sp³-hybridized carbons (Fsp3) is 0.438. The van der Waals surface area contributed by atoms with Crippen LogP contribution in [-0.4, -0.2) is 48.2 Å². The maximum atomic E-state index is 12.6. The number of likely N-dealkylation sites (tertiary alicyclic amines) is 1. The minimum Gasteiger partial charge on any atom is -0.392 e. The molecule has 7 heteroatoms. The summed E-state index contributed by atoms with van der Waals surface area (Å²) in [6, 6.07) is 4.73. The summed E-state index contributed by atoms with van der Waals surface area (Å²) >= 11 is 0. The summed E-state index contributed by atoms with van der Waals surface area (Å²) in [7, 11) is 0. The van der Waals surface area contributed by atoms with Gasteiger partial charge in [-0.25, -0.2) is 0 Å². The molecular weight excluding hydrogens is 309 g/mol. The van der Waals surface area contributed by atoms with Crippen molar-refractivity contribution in [3.63, 3.8) is 0 Å². The molecule has 1 saturated heterocycles. The maximum Gasteiger partial charge on any atom is 0.416 e. The van der Waals surface area contributed by atoms with Gasteiger partial charge < -0.3 is 10.4 Å². The van der Waals surface area contributed by atoms with E-state index in [1.807, 2.05) is 4.90 Å². The van der Waals surface area contributed by atoms with Crippen molar-refractivity contribution in [2.75, 3.05) is 26.2 Å². The molecular formula is C16H17F3N2O2. The number of amides is 1. The highest BCUT2D eigenvalue weighted by Gasteiger charge is 2.30. The van der Waals surface area contributed by atoms with Crippen LogP contribution in [0.25, 0.3) is 0 Å². The SMILES string of the molecule is O=C(CN1CC[C@H](O)C1)NCC#Cc1cccc(C(F)(F)F)c1. The first-order valence-corrected chi connectivity index (χ1v) is 7.18. The van der Waals surface area contributed by atoms with Gasteiger partial charge in [0, 0.05) is 18.7 Å². The first-order valence-electron chi connectivity index (χ1n) is 7.18. The number of nitrogens with one attached hydrogen (secondary N) is 1. The van der Waals surface area contributed by atoms with Crippen molar-refractivity contribution in [1.82, 2.24) is 10.2 Å². The van der Waals surface area contributed by atoms with Crippen molar-refractivity contribution in [1.29, 1.82) is 0 Å². The Kier molecular flexibility index (Phi) is 5.64. The fourth-order valence-corrected chi connectivity index (χ4v) is 2.28. The lowest BCUT2D eigenvalue weighted by Crippen LogP contribution is -2.36. The smallest absolute Gasteiger partial charge is 0.392 e. The molecule has 1 heterocycles. The second kappa shape index (κ2) is 7.49. The third kappa shape index (κ3) is 5.58. The van der Waals surface area contributed by atoms with Crippen LogP contribution in [0.4, 0.5) is 13.2 Å². The lowest BCUT2D eigenvalue weighted by molar-refractivity contribution is -0.137. The van der Waals surface area contributed by atoms with E-state index in [2.05, 4.69) is 17.2 Å². The molecule has 0 spiro atoms. The van der Waals surface area contributed by atoms with E-state index in [9.17, 15) is 23.1 Å². The van der Waals surface area contributed by atoms with Crippen molar-refractivity contribution < 1.29 is 23.1 Å². The molecule has 2 rings (SSSR count). The molecule has 0 bridgehead atoms. The average Bonchev–Trinajstić information content (AvgIpc) is 2.88. The highest BCUT2D eigenvalue weighted by molar-refractivity contribution is 5.78. The minimum absolute atomic E-state index is 0.0610. The van der Waals surface area contributed by atoms with Gasteiger partial charge in [0.25, 0.3) is 0 Å². The molecule has 2 N–H and O–H groups in total. The number of aliphatic hydroxyl groups is 1. The van der Waals surface area contributed by atoms with Crippen LogP contribution >= 0.6 is 0 Å². The van der Waals surface area contributed by atoms with E-state index in [0.717, 1.165) is 12.1 Å². The summed E-state index contributed by atoms with van der Waals surface area (Å²) in [6.07, 6.45) is -4.13. The molecule has 1 amide bonds. The Hall–Kier alpha value is -2.04. The molecule has 1 aliphatic heterocycles. The summed E-state index contributed by atoms with van der Waals surface area (Å²) in [4.78, 5) is 13.5. The van der Waals surface area contributed by atoms with E-state index >= 15 is 0 Å². The summed E-state index contributed by atoms with van der Waals surface area (Å²) in [5.74, 6) is 5.00. The lowest BCUT2D eigenvalue weighted by Gasteiger charge is -2.13. The summed E-state index contributed by atoms with van der Waals surface area (Å²) in [5.41, 5.74) is -0.502. The average molecular weight is 326 g/mol. The van der Waals surface area contributed by atoms with Crippen LogP contribution in [0.2, 0.25) is 0 Å². The van der Waals surface area contributed by atoms with Crippen molar-refractivity contribution in [2.24, 2.45) is 0 Å². The summed E-state index contributed by atoms with van der Waals surface area (Å²) < 4.78 is 37.7. The zero-order valence-corrected chi connectivity index (χ0v) is 12.4. The number of rotatable bonds is 3. The molecule has 1 fully saturated rings. The van der Waals surface area contributed by atoms with Crippen LogP contribution in [0.5, 0.6) is 0 Å². The van der Waals surface area contributed by atoms with Crippen molar-refractivity contribution >= 4 is 5.91 Å². The quantitative estimate of drug-likeness (QED) is 0.822. The van der Waals surface area contributed by atoms with E-state index < -0.39 is 11.7 Å². The van der Waals surface area contributed by atoms with Crippen molar-refractivity contribution in [3.8, 4) is 11.8 Å². The van der Waals surface area contributed by atoms with E-state index in [4.69, 9.17) is 0 Å². The number of hydrogen-bond donors (Lipinski definition) is 2. The topological polar surface area (TPSA) is 52.6 Å². The normalized spacial score (nSPS) is 18.3. The van der Waals surface area contributed by atoms with Gasteiger partial charge in [-0.05, 0) is 24.6 Å². The zero-order valence-electron chi connectivity index (χ0n) is 12.4. The van der Waals surface area contributed by atoms with Crippen LogP contribution in [0.3, 0.4) is 0 Å². The highest BCUT2D eigenvalue weighted by atomic mass is 19.4. The van der Waals surface area contributed by atoms with Crippen LogP contribution in [0, 0.1) is 11.8 Å². The number of nitrogens with zero attached hydrogens (tertiary/aromatic N) is 1. The number of benzene rings is 1. The number of carbonyl (C=O) groups is 1. The molecule has 1 aliphatic rings. The van der Waals surface area contributed by atoms with E-state index in [0.29, 0.717) is 19.5 Å². The van der Waals surface area contributed by atoms with Gasteiger partial charge in [-0.1, -0.05) is 17.9 Å². The van der Waals surface area contributed by atoms with Gasteiger partial charge in [0.05, 0.1) is 24.8 Å². The van der Waals surface area contributed by atoms with Gasteiger partial charge in [0.15, 0.2) is 0 Å². The lowest BCUT2D eigenvalue weighted by atomic mass is 10.1. The van der Waals surface area contributed by atoms with Crippen LogP contribution in [-0.2, 0) is 11.0 Å². The van der Waals surface area contributed by atoms with Gasteiger partial charge in [0.1, 0.15) is 0 Å². The van der Waals surface area contributed by atoms with Gasteiger partial charge >= 0.3 is 6.18 Å². The Bertz CT molecular complexity index is 620. The first kappa shape index (κ1) is 17.3. The molecule has 1 aromatic rings. The van der Waals surface area contributed by atoms with Crippen LogP contribution < -0.4 is 5.32 Å². The van der Waals surface area contributed by atoms with Crippen LogP contribution in [0.15, 0.2) is 24.3 Å². The number of aliphatic hydroxyl groups excluding tert-OH is 1. The molecule has 4 nitrogen and oxygen atoms in total. The number of hydrogen-bond acceptors (Lipinski definition) is 3. The molecule has 0 unspecified atom stereocenters. The second-order valence-electron chi connectivity index (χ2n) is 5.33. The number of alkyl halides is 3. The van der Waals surface area contributed by atoms with Crippen molar-refractivity contribution in [2.45, 2.75) is 18.7 Å². The maximum absolute atomic E-state index is 12.6. The third-order valence-corrected chi connectivity index (χ3v) is 3.41. The van der Waals surface area contributed by atoms with Gasteiger partial charge in [0.2, 0.25) is 5.91 Å². The molecule has 0 radical (unpaired) electrons. The van der Waals surface area contributed by atoms with E-state index in [1.165, 1.54) is 12.1 Å². The molecule has 1 aromatic carbocycles. The van der Waals surface area contributed by atoms with Crippen LogP contribution in [0.1, 0.15) is 17.5 Å². The highest BCUT2D eigenvalue weighted by Crippen LogP contribution is 2.29. The van der Waals surface area contributed by atoms with Gasteiger partial charge in [-0.15, -0.1) is 0 Å². The van der Waals surface area contributed by atoms with Gasteiger partial charge in [-0.3, -0.25) is 9.69 Å². The van der Waals surface area contributed by atoms with Crippen molar-refractivity contribution in [3.05, 3.63) is 35.4 Å². The second-order valence-corrected chi connectivity index (χ2v) is 5.33. The predicted octanol–water partition coefficient (Wildman–Crippen LogP) is 1.24. The molecule has 0 saturated carbocycles. The largest absolute Gasteiger partial charge is 0.416 e. The number of β-amino-alcohol motifs (C(OH)–C–C–N with tert-alkyl or cyclic N) is 1. The zero-order chi connectivity index (χ0) is 16.9. The molecule has 1 atom stereocenters. The van der Waals surface area contributed by atoms with E-state index in [-0.39, 0.29) is 30.7 Å². The van der Waals surface area contributed by atoms with Gasteiger partial charge in [-0.2, -0.15) is 13.2 Å². The monoisotopic (exact) mass is 326 g/mol. The molecule has 0 aliphatic carbocycles. The Labute approximate surface area is 132 Å². The number of halogens is 3. The van der Waals surface area contributed by atoms with E-state index in [1.54, 1.807) is 0 Å². The summed E-state index contributed by atoms with van der Waals surface area (Å²) in [6.45, 7) is 1.39. The Balaban J connectivity index is 1.80. The summed E-state index contributed by atoms with van der Waals surface area (Å²) in [5, 5.41) is 11.9. The minimum atomic E-state index is -4.40. The third-order valence-electron chi connectivity index (χ3n) is 3.41. The Morgan fingerprint density at radius 1 is 1.43 bits per heavy atom. The Morgan fingerprint density at radius 3 is 2.87 bits per heavy atom. The molecule has 124 valence electrons. The first-order chi connectivity index (χ1) is 10.8. The standard InChI is InChI=1S/C16H17F3N2O2/c17-16(18,19)13-5-1-3-12(9-13)4-2-7-20-15(23)11-21-8-6-14(22)10-21/h1,3,5,9,14,22H,6-8,10-11H2,(H,20,23)/t14-/m0/s1.